The Morgan fingerprint density at radius 3 is 2.29 bits per heavy atom. The number of phenols is 1. The molecule has 0 radical (unpaired) electrons. The highest BCUT2D eigenvalue weighted by Crippen LogP contribution is 2.65. The number of hydrogen-bond donors (Lipinski definition) is 2. The maximum atomic E-state index is 15.3. The molecule has 3 aromatic carbocycles. The zero-order valence-electron chi connectivity index (χ0n) is 28.3. The lowest BCUT2D eigenvalue weighted by molar-refractivity contribution is -0.384. The number of carbonyl (C=O) groups is 4. The van der Waals surface area contributed by atoms with Gasteiger partial charge in [-0.1, -0.05) is 62.9 Å². The van der Waals surface area contributed by atoms with E-state index < -0.39 is 86.1 Å². The molecule has 56 heavy (non-hydrogen) atoms. The molecule has 286 valence electrons. The number of pyridine rings is 1. The number of carbonyl (C=O) groups excluding carboxylic acids is 4. The first-order chi connectivity index (χ1) is 26.5. The fraction of sp³-hybridized carbons (Fsp3) is 0.237. The molecule has 2 aliphatic heterocycles. The Bertz CT molecular complexity index is 2420. The van der Waals surface area contributed by atoms with Crippen LogP contribution in [0.1, 0.15) is 35.4 Å². The highest BCUT2D eigenvalue weighted by atomic mass is 79.9. The predicted octanol–water partition coefficient (Wildman–Crippen LogP) is 7.97. The number of allylic oxidation sites excluding steroid dienone is 2. The van der Waals surface area contributed by atoms with E-state index in [0.717, 1.165) is 4.90 Å². The highest BCUT2D eigenvalue weighted by molar-refractivity contribution is 9.10. The first-order valence-electron chi connectivity index (χ1n) is 17.0. The second-order valence-electron chi connectivity index (χ2n) is 13.9. The number of phenolic OH excluding ortho intramolecular Hbond substituents is 1. The number of fused-ring (bicyclic) bond motifs is 4. The summed E-state index contributed by atoms with van der Waals surface area (Å²) in [4.78, 5) is 74.0. The van der Waals surface area contributed by atoms with E-state index in [9.17, 15) is 42.8 Å². The number of rotatable bonds is 6. The summed E-state index contributed by atoms with van der Waals surface area (Å²) in [6.07, 6.45) is -2.62. The molecule has 4 aliphatic rings. The molecule has 1 saturated carbocycles. The van der Waals surface area contributed by atoms with Gasteiger partial charge in [0.05, 0.1) is 44.4 Å². The normalized spacial score (nSPS) is 25.8. The number of aromatic nitrogens is 1. The lowest BCUT2D eigenvalue weighted by atomic mass is 9.49. The number of non-ortho nitro benzene ring substituents is 1. The molecule has 2 aliphatic carbocycles. The van der Waals surface area contributed by atoms with Crippen LogP contribution in [0.15, 0.2) is 95.1 Å². The summed E-state index contributed by atoms with van der Waals surface area (Å²) in [5.74, 6) is -8.68. The van der Waals surface area contributed by atoms with Gasteiger partial charge in [-0.3, -0.25) is 39.6 Å². The van der Waals surface area contributed by atoms with Crippen LogP contribution in [0.2, 0.25) is 10.0 Å². The molecule has 6 unspecified atom stereocenters. The second kappa shape index (κ2) is 13.4. The Labute approximate surface area is 333 Å². The second-order valence-corrected chi connectivity index (χ2v) is 15.7. The van der Waals surface area contributed by atoms with Crippen molar-refractivity contribution < 1.29 is 42.4 Å². The van der Waals surface area contributed by atoms with Gasteiger partial charge >= 0.3 is 6.18 Å². The third-order valence-electron chi connectivity index (χ3n) is 11.2. The third-order valence-corrected chi connectivity index (χ3v) is 12.2. The minimum atomic E-state index is -4.78. The summed E-state index contributed by atoms with van der Waals surface area (Å²) in [5.41, 5.74) is 0.457. The average molecular weight is 871 g/mol. The summed E-state index contributed by atoms with van der Waals surface area (Å²) in [6.45, 7) is 0. The van der Waals surface area contributed by atoms with Gasteiger partial charge in [-0.15, -0.1) is 0 Å². The summed E-state index contributed by atoms with van der Waals surface area (Å²) in [6, 6.07) is 16.3. The van der Waals surface area contributed by atoms with Gasteiger partial charge in [0.25, 0.3) is 17.5 Å². The first-order valence-corrected chi connectivity index (χ1v) is 18.5. The van der Waals surface area contributed by atoms with Gasteiger partial charge in [-0.05, 0) is 72.9 Å². The van der Waals surface area contributed by atoms with E-state index in [1.54, 1.807) is 30.3 Å². The maximum absolute atomic E-state index is 15.3. The molecular weight excluding hydrogens is 846 g/mol. The SMILES string of the molecule is O=C1C2CC3C(=CCC4C(=O)N(c5ccc([N+](=O)[O-])cc5)C(=O)C43)C(c3cc(Br)ccc3O)C2(c2ccc(Cl)cc2)C(=O)N1Nc1ncc(C(F)(F)F)cc1Cl. The Balaban J connectivity index is 1.30. The summed E-state index contributed by atoms with van der Waals surface area (Å²) < 4.78 is 40.9. The minimum absolute atomic E-state index is 0.0480. The van der Waals surface area contributed by atoms with Crippen LogP contribution >= 0.6 is 39.1 Å². The Morgan fingerprint density at radius 2 is 1.64 bits per heavy atom. The lowest BCUT2D eigenvalue weighted by Crippen LogP contribution is -2.53. The van der Waals surface area contributed by atoms with Gasteiger partial charge in [0.2, 0.25) is 11.8 Å². The van der Waals surface area contributed by atoms with E-state index in [1.807, 2.05) is 0 Å². The standard InChI is InChI=1S/C38H25BrCl2F3N5O7/c39-19-3-12-29(50)26(14-19)31-23-10-11-24-30(35(53)47(33(24)51)21-6-8-22(9-7-21)49(55)56)25(23)15-27-34(52)48(36(54)37(27,31)17-1-4-20(40)5-2-17)46-32-28(41)13-18(16-45-32)38(42,43)44/h1-10,12-14,16,24-25,27,30-31,50H,11,15H2,(H,45,46). The fourth-order valence-electron chi connectivity index (χ4n) is 8.86. The van der Waals surface area contributed by atoms with Gasteiger partial charge in [-0.2, -0.15) is 18.2 Å². The number of alkyl halides is 3. The van der Waals surface area contributed by atoms with E-state index in [4.69, 9.17) is 23.2 Å². The minimum Gasteiger partial charge on any atom is -0.508 e. The van der Waals surface area contributed by atoms with Crippen molar-refractivity contribution in [1.82, 2.24) is 9.99 Å². The van der Waals surface area contributed by atoms with E-state index >= 15 is 4.79 Å². The zero-order chi connectivity index (χ0) is 40.0. The van der Waals surface area contributed by atoms with Crippen molar-refractivity contribution in [3.05, 3.63) is 132 Å². The van der Waals surface area contributed by atoms with Gasteiger partial charge in [-0.25, -0.2) is 4.98 Å². The molecule has 4 aromatic rings. The molecular formula is C38H25BrCl2F3N5O7. The summed E-state index contributed by atoms with van der Waals surface area (Å²) in [5, 5.41) is 23.3. The number of nitrogens with one attached hydrogen (secondary N) is 1. The number of nitro benzene ring substituents is 1. The van der Waals surface area contributed by atoms with E-state index in [2.05, 4.69) is 26.3 Å². The van der Waals surface area contributed by atoms with Crippen LogP contribution in [0, 0.1) is 33.8 Å². The van der Waals surface area contributed by atoms with Crippen molar-refractivity contribution in [3.8, 4) is 5.75 Å². The van der Waals surface area contributed by atoms with Gasteiger partial charge in [0, 0.05) is 39.3 Å². The van der Waals surface area contributed by atoms with Crippen LogP contribution in [-0.2, 0) is 30.8 Å². The van der Waals surface area contributed by atoms with Crippen LogP contribution < -0.4 is 10.3 Å². The number of hydrogen-bond acceptors (Lipinski definition) is 9. The number of benzene rings is 3. The molecule has 0 bridgehead atoms. The van der Waals surface area contributed by atoms with Crippen molar-refractivity contribution in [3.63, 3.8) is 0 Å². The Morgan fingerprint density at radius 1 is 0.946 bits per heavy atom. The Kier molecular flexibility index (Phi) is 9.01. The van der Waals surface area contributed by atoms with Gasteiger partial charge < -0.3 is 5.11 Å². The number of nitro groups is 1. The molecule has 3 heterocycles. The van der Waals surface area contributed by atoms with Crippen molar-refractivity contribution in [1.29, 1.82) is 0 Å². The van der Waals surface area contributed by atoms with Crippen molar-refractivity contribution in [2.75, 3.05) is 10.3 Å². The summed E-state index contributed by atoms with van der Waals surface area (Å²) in [7, 11) is 0. The van der Waals surface area contributed by atoms with E-state index in [0.29, 0.717) is 37.9 Å². The molecule has 8 rings (SSSR count). The highest BCUT2D eigenvalue weighted by Gasteiger charge is 2.70. The molecule has 6 atom stereocenters. The largest absolute Gasteiger partial charge is 0.508 e. The third kappa shape index (κ3) is 5.67. The van der Waals surface area contributed by atoms with Crippen LogP contribution in [0.5, 0.6) is 5.75 Å². The molecule has 12 nitrogen and oxygen atoms in total. The van der Waals surface area contributed by atoms with E-state index in [-0.39, 0.29) is 35.5 Å². The molecule has 1 aromatic heterocycles. The quantitative estimate of drug-likeness (QED) is 0.0847. The molecule has 18 heteroatoms. The zero-order valence-corrected chi connectivity index (χ0v) is 31.4. The fourth-order valence-corrected chi connectivity index (χ4v) is 9.58. The molecule has 4 amide bonds. The molecule has 2 N–H and O–H groups in total. The smallest absolute Gasteiger partial charge is 0.417 e. The average Bonchev–Trinajstić information content (AvgIpc) is 3.54. The van der Waals surface area contributed by atoms with Crippen LogP contribution in [0.4, 0.5) is 30.4 Å². The Hall–Kier alpha value is -5.32. The lowest BCUT2D eigenvalue weighted by Gasteiger charge is -2.50. The number of hydrazine groups is 1. The van der Waals surface area contributed by atoms with Gasteiger partial charge in [0.15, 0.2) is 5.82 Å². The number of imide groups is 2. The monoisotopic (exact) mass is 869 g/mol. The number of aromatic hydroxyl groups is 1. The van der Waals surface area contributed by atoms with Crippen molar-refractivity contribution >= 4 is 80.0 Å². The maximum Gasteiger partial charge on any atom is 0.417 e. The predicted molar refractivity (Wildman–Crippen MR) is 198 cm³/mol. The summed E-state index contributed by atoms with van der Waals surface area (Å²) >= 11 is 16.0. The number of halogens is 6. The number of nitrogens with zero attached hydrogens (tertiary/aromatic N) is 4. The van der Waals surface area contributed by atoms with Crippen molar-refractivity contribution in [2.24, 2.45) is 23.7 Å². The molecule has 2 saturated heterocycles. The molecule has 0 spiro atoms. The van der Waals surface area contributed by atoms with Gasteiger partial charge in [0.1, 0.15) is 5.75 Å². The van der Waals surface area contributed by atoms with E-state index in [1.165, 1.54) is 42.5 Å². The number of amides is 4. The van der Waals surface area contributed by atoms with Crippen LogP contribution in [0.25, 0.3) is 0 Å². The van der Waals surface area contributed by atoms with Crippen molar-refractivity contribution in [2.45, 2.75) is 30.4 Å². The first kappa shape index (κ1) is 37.6. The number of anilines is 2. The van der Waals surface area contributed by atoms with Crippen LogP contribution in [-0.4, -0.2) is 43.7 Å². The van der Waals surface area contributed by atoms with Crippen LogP contribution in [0.3, 0.4) is 0 Å². The molecule has 3 fully saturated rings. The topological polar surface area (TPSA) is 163 Å².